The SMILES string of the molecule is CCCCCCCCc1ccc(OCC(O)Cn2cc(CC)c3cc(C(=O)OC(C)(C)C)ccc32)cc1. The molecule has 0 spiro atoms. The highest BCUT2D eigenvalue weighted by Crippen LogP contribution is 2.25. The van der Waals surface area contributed by atoms with Gasteiger partial charge in [-0.15, -0.1) is 0 Å². The van der Waals surface area contributed by atoms with Crippen molar-refractivity contribution >= 4 is 16.9 Å². The Kier molecular flexibility index (Phi) is 10.6. The van der Waals surface area contributed by atoms with Crippen LogP contribution in [0.15, 0.2) is 48.7 Å². The minimum absolute atomic E-state index is 0.216. The molecular formula is C32H45NO4. The molecule has 202 valence electrons. The van der Waals surface area contributed by atoms with Gasteiger partial charge in [0.1, 0.15) is 24.1 Å². The van der Waals surface area contributed by atoms with Crippen LogP contribution < -0.4 is 4.74 Å². The first-order chi connectivity index (χ1) is 17.7. The predicted octanol–water partition coefficient (Wildman–Crippen LogP) is 7.50. The summed E-state index contributed by atoms with van der Waals surface area (Å²) in [5.41, 5.74) is 3.46. The summed E-state index contributed by atoms with van der Waals surface area (Å²) >= 11 is 0. The lowest BCUT2D eigenvalue weighted by atomic mass is 10.0. The first-order valence-electron chi connectivity index (χ1n) is 13.9. The number of carbonyl (C=O) groups is 1. The number of rotatable bonds is 14. The number of aryl methyl sites for hydroxylation is 2. The number of nitrogens with zero attached hydrogens (tertiary/aromatic N) is 1. The number of ether oxygens (including phenoxy) is 2. The van der Waals surface area contributed by atoms with Gasteiger partial charge >= 0.3 is 5.97 Å². The van der Waals surface area contributed by atoms with Crippen LogP contribution >= 0.6 is 0 Å². The summed E-state index contributed by atoms with van der Waals surface area (Å²) in [6, 6.07) is 13.9. The number of fused-ring (bicyclic) bond motifs is 1. The van der Waals surface area contributed by atoms with Crippen molar-refractivity contribution in [2.24, 2.45) is 0 Å². The van der Waals surface area contributed by atoms with Crippen LogP contribution in [0.4, 0.5) is 0 Å². The smallest absolute Gasteiger partial charge is 0.338 e. The van der Waals surface area contributed by atoms with Crippen molar-refractivity contribution in [3.05, 3.63) is 65.4 Å². The fraction of sp³-hybridized carbons (Fsp3) is 0.531. The molecule has 0 aliphatic carbocycles. The first kappa shape index (κ1) is 28.8. The van der Waals surface area contributed by atoms with E-state index in [0.29, 0.717) is 12.1 Å². The second kappa shape index (κ2) is 13.7. The monoisotopic (exact) mass is 507 g/mol. The third-order valence-corrected chi connectivity index (χ3v) is 6.57. The van der Waals surface area contributed by atoms with Gasteiger partial charge in [-0.2, -0.15) is 0 Å². The van der Waals surface area contributed by atoms with E-state index < -0.39 is 11.7 Å². The van der Waals surface area contributed by atoms with Crippen LogP contribution in [0.3, 0.4) is 0 Å². The highest BCUT2D eigenvalue weighted by atomic mass is 16.6. The second-order valence-corrected chi connectivity index (χ2v) is 11.0. The minimum Gasteiger partial charge on any atom is -0.491 e. The number of carbonyl (C=O) groups excluding carboxylic acids is 1. The summed E-state index contributed by atoms with van der Waals surface area (Å²) < 4.78 is 13.5. The van der Waals surface area contributed by atoms with Crippen LogP contribution in [-0.2, 0) is 24.1 Å². The van der Waals surface area contributed by atoms with Crippen molar-refractivity contribution in [2.45, 2.75) is 104 Å². The van der Waals surface area contributed by atoms with Crippen LogP contribution in [0.5, 0.6) is 5.75 Å². The van der Waals surface area contributed by atoms with E-state index >= 15 is 0 Å². The average molecular weight is 508 g/mol. The molecule has 0 amide bonds. The van der Waals surface area contributed by atoms with Crippen LogP contribution in [-0.4, -0.2) is 34.0 Å². The number of aromatic nitrogens is 1. The van der Waals surface area contributed by atoms with Crippen LogP contribution in [0, 0.1) is 0 Å². The third-order valence-electron chi connectivity index (χ3n) is 6.57. The Bertz CT molecular complexity index is 1120. The topological polar surface area (TPSA) is 60.7 Å². The Morgan fingerprint density at radius 2 is 1.68 bits per heavy atom. The molecule has 5 heteroatoms. The molecule has 0 aliphatic heterocycles. The van der Waals surface area contributed by atoms with E-state index in [1.54, 1.807) is 6.07 Å². The molecule has 0 radical (unpaired) electrons. The molecule has 37 heavy (non-hydrogen) atoms. The summed E-state index contributed by atoms with van der Waals surface area (Å²) in [7, 11) is 0. The maximum Gasteiger partial charge on any atom is 0.338 e. The van der Waals surface area contributed by atoms with E-state index in [4.69, 9.17) is 9.47 Å². The van der Waals surface area contributed by atoms with Gasteiger partial charge in [-0.05, 0) is 81.5 Å². The Morgan fingerprint density at radius 1 is 0.973 bits per heavy atom. The van der Waals surface area contributed by atoms with Crippen molar-refractivity contribution in [3.8, 4) is 5.75 Å². The predicted molar refractivity (Wildman–Crippen MR) is 152 cm³/mol. The summed E-state index contributed by atoms with van der Waals surface area (Å²) in [5, 5.41) is 11.7. The molecule has 3 rings (SSSR count). The lowest BCUT2D eigenvalue weighted by Crippen LogP contribution is -2.24. The van der Waals surface area contributed by atoms with Crippen molar-refractivity contribution in [3.63, 3.8) is 0 Å². The standard InChI is InChI=1S/C32H45NO4/c1-6-8-9-10-11-12-13-24-14-17-28(18-15-24)36-23-27(34)22-33-21-25(7-2)29-20-26(16-19-30(29)33)31(35)37-32(3,4)5/h14-21,27,34H,6-13,22-23H2,1-5H3. The number of aliphatic hydroxyl groups is 1. The molecule has 5 nitrogen and oxygen atoms in total. The van der Waals surface area contributed by atoms with Gasteiger partial charge in [0, 0.05) is 17.1 Å². The number of benzene rings is 2. The lowest BCUT2D eigenvalue weighted by Gasteiger charge is -2.19. The molecule has 0 bridgehead atoms. The molecule has 1 atom stereocenters. The quantitative estimate of drug-likeness (QED) is 0.181. The van der Waals surface area contributed by atoms with Crippen LogP contribution in [0.2, 0.25) is 0 Å². The van der Waals surface area contributed by atoms with Gasteiger partial charge in [-0.3, -0.25) is 0 Å². The molecule has 2 aromatic carbocycles. The maximum absolute atomic E-state index is 12.5. The maximum atomic E-state index is 12.5. The van der Waals surface area contributed by atoms with Gasteiger partial charge in [0.15, 0.2) is 0 Å². The summed E-state index contributed by atoms with van der Waals surface area (Å²) in [4.78, 5) is 12.5. The molecule has 1 unspecified atom stereocenters. The van der Waals surface area contributed by atoms with Crippen molar-refractivity contribution in [1.82, 2.24) is 4.57 Å². The van der Waals surface area contributed by atoms with Crippen LogP contribution in [0.1, 0.15) is 94.6 Å². The van der Waals surface area contributed by atoms with Gasteiger partial charge < -0.3 is 19.1 Å². The molecule has 0 saturated carbocycles. The zero-order valence-electron chi connectivity index (χ0n) is 23.4. The Hall–Kier alpha value is -2.79. The molecule has 1 aromatic heterocycles. The normalized spacial score (nSPS) is 12.6. The lowest BCUT2D eigenvalue weighted by molar-refractivity contribution is 0.00696. The second-order valence-electron chi connectivity index (χ2n) is 11.0. The zero-order chi connectivity index (χ0) is 26.8. The number of aliphatic hydroxyl groups excluding tert-OH is 1. The number of esters is 1. The fourth-order valence-corrected chi connectivity index (χ4v) is 4.60. The Balaban J connectivity index is 1.54. The van der Waals surface area contributed by atoms with Crippen molar-refractivity contribution < 1.29 is 19.4 Å². The van der Waals surface area contributed by atoms with Gasteiger partial charge in [-0.1, -0.05) is 58.1 Å². The highest BCUT2D eigenvalue weighted by Gasteiger charge is 2.19. The minimum atomic E-state index is -0.659. The summed E-state index contributed by atoms with van der Waals surface area (Å²) in [6.45, 7) is 10.6. The average Bonchev–Trinajstić information content (AvgIpc) is 3.21. The van der Waals surface area contributed by atoms with Crippen molar-refractivity contribution in [1.29, 1.82) is 0 Å². The molecule has 0 fully saturated rings. The highest BCUT2D eigenvalue weighted by molar-refractivity contribution is 5.96. The van der Waals surface area contributed by atoms with Gasteiger partial charge in [0.2, 0.25) is 0 Å². The molecule has 0 saturated heterocycles. The first-order valence-corrected chi connectivity index (χ1v) is 13.9. The third kappa shape index (κ3) is 8.92. The summed E-state index contributed by atoms with van der Waals surface area (Å²) in [5.74, 6) is 0.454. The van der Waals surface area contributed by atoms with E-state index in [1.165, 1.54) is 44.1 Å². The number of unbranched alkanes of at least 4 members (excludes halogenated alkanes) is 5. The molecular weight excluding hydrogens is 462 g/mol. The largest absolute Gasteiger partial charge is 0.491 e. The number of hydrogen-bond donors (Lipinski definition) is 1. The summed E-state index contributed by atoms with van der Waals surface area (Å²) in [6.07, 6.45) is 11.2. The van der Waals surface area contributed by atoms with Crippen LogP contribution in [0.25, 0.3) is 10.9 Å². The Morgan fingerprint density at radius 3 is 2.35 bits per heavy atom. The molecule has 1 heterocycles. The van der Waals surface area contributed by atoms with E-state index in [-0.39, 0.29) is 12.6 Å². The van der Waals surface area contributed by atoms with E-state index in [9.17, 15) is 9.90 Å². The molecule has 1 N–H and O–H groups in total. The van der Waals surface area contributed by atoms with E-state index in [0.717, 1.165) is 35.1 Å². The van der Waals surface area contributed by atoms with E-state index in [2.05, 4.69) is 32.2 Å². The van der Waals surface area contributed by atoms with Crippen molar-refractivity contribution in [2.75, 3.05) is 6.61 Å². The van der Waals surface area contributed by atoms with Gasteiger partial charge in [0.25, 0.3) is 0 Å². The van der Waals surface area contributed by atoms with E-state index in [1.807, 2.05) is 49.6 Å². The Labute approximate surface area is 222 Å². The van der Waals surface area contributed by atoms with Gasteiger partial charge in [0.05, 0.1) is 12.1 Å². The fourth-order valence-electron chi connectivity index (χ4n) is 4.60. The zero-order valence-corrected chi connectivity index (χ0v) is 23.4. The molecule has 3 aromatic rings. The number of hydrogen-bond acceptors (Lipinski definition) is 4. The molecule has 0 aliphatic rings. The van der Waals surface area contributed by atoms with Gasteiger partial charge in [-0.25, -0.2) is 4.79 Å².